The third-order valence-corrected chi connectivity index (χ3v) is 5.04. The van der Waals surface area contributed by atoms with Crippen molar-refractivity contribution in [2.75, 3.05) is 13.7 Å². The minimum atomic E-state index is -0.0307. The predicted molar refractivity (Wildman–Crippen MR) is 112 cm³/mol. The molecule has 0 saturated carbocycles. The lowest BCUT2D eigenvalue weighted by molar-refractivity contribution is -0.130. The van der Waals surface area contributed by atoms with Gasteiger partial charge >= 0.3 is 0 Å². The summed E-state index contributed by atoms with van der Waals surface area (Å²) in [6.45, 7) is 2.78. The summed E-state index contributed by atoms with van der Waals surface area (Å²) >= 11 is 11.9. The topological polar surface area (TPSA) is 68.5 Å². The lowest BCUT2D eigenvalue weighted by atomic mass is 10.1. The minimum absolute atomic E-state index is 0.0307. The highest BCUT2D eigenvalue weighted by Gasteiger charge is 2.15. The third kappa shape index (κ3) is 5.71. The zero-order chi connectivity index (χ0) is 20.8. The highest BCUT2D eigenvalue weighted by molar-refractivity contribution is 6.42. The van der Waals surface area contributed by atoms with E-state index in [0.29, 0.717) is 41.2 Å². The predicted octanol–water partition coefficient (Wildman–Crippen LogP) is 5.03. The molecule has 152 valence electrons. The molecule has 3 rings (SSSR count). The number of hydrogen-bond donors (Lipinski definition) is 0. The van der Waals surface area contributed by atoms with Crippen molar-refractivity contribution in [1.29, 1.82) is 0 Å². The van der Waals surface area contributed by atoms with Gasteiger partial charge in [0.15, 0.2) is 0 Å². The second-order valence-electron chi connectivity index (χ2n) is 6.47. The van der Waals surface area contributed by atoms with Crippen LogP contribution >= 0.6 is 23.2 Å². The van der Waals surface area contributed by atoms with Gasteiger partial charge in [-0.3, -0.25) is 4.79 Å². The first kappa shape index (κ1) is 21.1. The maximum absolute atomic E-state index is 12.4. The number of carbonyl (C=O) groups is 1. The molecular formula is C21H21Cl2N3O3. The first-order chi connectivity index (χ1) is 14.0. The molecule has 0 fully saturated rings. The molecule has 6 nitrogen and oxygen atoms in total. The Kier molecular flexibility index (Phi) is 7.12. The standard InChI is InChI=1S/C21H21Cl2N3O3/c1-3-28-16-8-6-15(7-9-16)21-24-19(29-25-21)13-26(2)20(27)11-5-14-4-10-17(22)18(23)12-14/h4,6-10,12H,3,5,11,13H2,1-2H3. The molecule has 0 aliphatic rings. The van der Waals surface area contributed by atoms with Crippen molar-refractivity contribution < 1.29 is 14.1 Å². The average molecular weight is 434 g/mol. The number of carbonyl (C=O) groups excluding carboxylic acids is 1. The second-order valence-corrected chi connectivity index (χ2v) is 7.28. The molecule has 0 N–H and O–H groups in total. The van der Waals surface area contributed by atoms with Gasteiger partial charge in [0.05, 0.1) is 23.2 Å². The Hall–Kier alpha value is -2.57. The van der Waals surface area contributed by atoms with Crippen LogP contribution in [0.25, 0.3) is 11.4 Å². The summed E-state index contributed by atoms with van der Waals surface area (Å²) in [7, 11) is 1.71. The van der Waals surface area contributed by atoms with Crippen LogP contribution in [0.5, 0.6) is 5.75 Å². The van der Waals surface area contributed by atoms with Crippen molar-refractivity contribution in [1.82, 2.24) is 15.0 Å². The van der Waals surface area contributed by atoms with Gasteiger partial charge in [0.2, 0.25) is 17.6 Å². The van der Waals surface area contributed by atoms with Gasteiger partial charge in [-0.05, 0) is 55.3 Å². The van der Waals surface area contributed by atoms with Crippen molar-refractivity contribution in [2.24, 2.45) is 0 Å². The van der Waals surface area contributed by atoms with Crippen molar-refractivity contribution in [2.45, 2.75) is 26.3 Å². The van der Waals surface area contributed by atoms with E-state index in [1.807, 2.05) is 37.3 Å². The molecule has 29 heavy (non-hydrogen) atoms. The highest BCUT2D eigenvalue weighted by atomic mass is 35.5. The molecule has 0 saturated heterocycles. The third-order valence-electron chi connectivity index (χ3n) is 4.30. The quantitative estimate of drug-likeness (QED) is 0.497. The van der Waals surface area contributed by atoms with Gasteiger partial charge in [0, 0.05) is 19.0 Å². The van der Waals surface area contributed by atoms with Gasteiger partial charge in [-0.1, -0.05) is 34.4 Å². The first-order valence-corrected chi connectivity index (χ1v) is 9.95. The number of amides is 1. The molecule has 0 atom stereocenters. The summed E-state index contributed by atoms with van der Waals surface area (Å²) in [4.78, 5) is 18.3. The SMILES string of the molecule is CCOc1ccc(-c2noc(CN(C)C(=O)CCc3ccc(Cl)c(Cl)c3)n2)cc1. The van der Waals surface area contributed by atoms with Crippen LogP contribution in [-0.2, 0) is 17.8 Å². The molecule has 0 aliphatic carbocycles. The van der Waals surface area contributed by atoms with E-state index in [1.54, 1.807) is 24.1 Å². The molecule has 2 aromatic carbocycles. The lowest BCUT2D eigenvalue weighted by Gasteiger charge is -2.14. The van der Waals surface area contributed by atoms with Crippen LogP contribution in [0.15, 0.2) is 47.0 Å². The molecule has 0 spiro atoms. The summed E-state index contributed by atoms with van der Waals surface area (Å²) in [6.07, 6.45) is 0.912. The van der Waals surface area contributed by atoms with Gasteiger partial charge in [-0.15, -0.1) is 0 Å². The van der Waals surface area contributed by atoms with Crippen molar-refractivity contribution in [3.05, 3.63) is 64.0 Å². The summed E-state index contributed by atoms with van der Waals surface area (Å²) < 4.78 is 10.7. The number of benzene rings is 2. The van der Waals surface area contributed by atoms with Gasteiger partial charge < -0.3 is 14.2 Å². The van der Waals surface area contributed by atoms with Gasteiger partial charge in [0.25, 0.3) is 0 Å². The molecule has 3 aromatic rings. The minimum Gasteiger partial charge on any atom is -0.494 e. The number of ether oxygens (including phenoxy) is 1. The molecule has 1 aromatic heterocycles. The zero-order valence-electron chi connectivity index (χ0n) is 16.2. The van der Waals surface area contributed by atoms with E-state index < -0.39 is 0 Å². The van der Waals surface area contributed by atoms with E-state index in [-0.39, 0.29) is 12.5 Å². The van der Waals surface area contributed by atoms with Gasteiger partial charge in [0.1, 0.15) is 5.75 Å². The fourth-order valence-electron chi connectivity index (χ4n) is 2.73. The molecule has 1 amide bonds. The Morgan fingerprint density at radius 1 is 1.14 bits per heavy atom. The summed E-state index contributed by atoms with van der Waals surface area (Å²) in [5, 5.41) is 4.98. The number of aryl methyl sites for hydroxylation is 1. The zero-order valence-corrected chi connectivity index (χ0v) is 17.7. The number of hydrogen-bond acceptors (Lipinski definition) is 5. The fourth-order valence-corrected chi connectivity index (χ4v) is 3.05. The van der Waals surface area contributed by atoms with E-state index in [4.69, 9.17) is 32.5 Å². The lowest BCUT2D eigenvalue weighted by Crippen LogP contribution is -2.26. The van der Waals surface area contributed by atoms with E-state index >= 15 is 0 Å². The Morgan fingerprint density at radius 2 is 1.90 bits per heavy atom. The summed E-state index contributed by atoms with van der Waals surface area (Å²) in [5.41, 5.74) is 1.77. The summed E-state index contributed by atoms with van der Waals surface area (Å²) in [6, 6.07) is 12.8. The van der Waals surface area contributed by atoms with Crippen LogP contribution in [0.2, 0.25) is 10.0 Å². The molecule has 8 heteroatoms. The van der Waals surface area contributed by atoms with Crippen LogP contribution in [0.1, 0.15) is 24.8 Å². The Bertz CT molecular complexity index is 974. The molecule has 1 heterocycles. The summed E-state index contributed by atoms with van der Waals surface area (Å²) in [5.74, 6) is 1.60. The largest absolute Gasteiger partial charge is 0.494 e. The number of aromatic nitrogens is 2. The maximum atomic E-state index is 12.4. The number of halogens is 2. The van der Waals surface area contributed by atoms with Crippen LogP contribution in [0.4, 0.5) is 0 Å². The van der Waals surface area contributed by atoms with E-state index in [2.05, 4.69) is 10.1 Å². The second kappa shape index (κ2) is 9.76. The monoisotopic (exact) mass is 433 g/mol. The molecule has 0 radical (unpaired) electrons. The first-order valence-electron chi connectivity index (χ1n) is 9.20. The Labute approximate surface area is 179 Å². The maximum Gasteiger partial charge on any atom is 0.246 e. The number of rotatable bonds is 8. The van der Waals surface area contributed by atoms with Gasteiger partial charge in [-0.25, -0.2) is 0 Å². The van der Waals surface area contributed by atoms with E-state index in [0.717, 1.165) is 16.9 Å². The van der Waals surface area contributed by atoms with Crippen LogP contribution in [0.3, 0.4) is 0 Å². The Balaban J connectivity index is 1.55. The normalized spacial score (nSPS) is 10.8. The molecule has 0 bridgehead atoms. The van der Waals surface area contributed by atoms with Crippen LogP contribution in [0, 0.1) is 0 Å². The van der Waals surface area contributed by atoms with Gasteiger partial charge in [-0.2, -0.15) is 4.98 Å². The highest BCUT2D eigenvalue weighted by Crippen LogP contribution is 2.23. The fraction of sp³-hybridized carbons (Fsp3) is 0.286. The molecule has 0 unspecified atom stereocenters. The van der Waals surface area contributed by atoms with Crippen molar-refractivity contribution >= 4 is 29.1 Å². The van der Waals surface area contributed by atoms with E-state index in [1.165, 1.54) is 0 Å². The smallest absolute Gasteiger partial charge is 0.246 e. The number of nitrogens with zero attached hydrogens (tertiary/aromatic N) is 3. The van der Waals surface area contributed by atoms with Crippen LogP contribution in [-0.4, -0.2) is 34.6 Å². The van der Waals surface area contributed by atoms with Crippen molar-refractivity contribution in [3.63, 3.8) is 0 Å². The average Bonchev–Trinajstić information content (AvgIpc) is 3.18. The molecular weight excluding hydrogens is 413 g/mol. The Morgan fingerprint density at radius 3 is 2.59 bits per heavy atom. The van der Waals surface area contributed by atoms with Crippen molar-refractivity contribution in [3.8, 4) is 17.1 Å². The van der Waals surface area contributed by atoms with E-state index in [9.17, 15) is 4.79 Å². The van der Waals surface area contributed by atoms with Crippen LogP contribution < -0.4 is 4.74 Å². The molecule has 0 aliphatic heterocycles.